The maximum atomic E-state index is 12.7. The molecule has 1 saturated heterocycles. The van der Waals surface area contributed by atoms with Gasteiger partial charge in [-0.3, -0.25) is 9.59 Å². The fraction of sp³-hybridized carbons (Fsp3) is 0.444. The van der Waals surface area contributed by atoms with Gasteiger partial charge >= 0.3 is 0 Å². The first-order chi connectivity index (χ1) is 11.9. The Labute approximate surface area is 151 Å². The van der Waals surface area contributed by atoms with Crippen LogP contribution in [0, 0.1) is 0 Å². The summed E-state index contributed by atoms with van der Waals surface area (Å²) in [6, 6.07) is 7.89. The fourth-order valence-corrected chi connectivity index (χ4v) is 4.06. The van der Waals surface area contributed by atoms with Crippen LogP contribution in [0.2, 0.25) is 0 Å². The molecule has 2 atom stereocenters. The quantitative estimate of drug-likeness (QED) is 0.825. The minimum Gasteiger partial charge on any atom is -0.372 e. The molecular weight excluding hydrogens is 338 g/mol. The van der Waals surface area contributed by atoms with Crippen LogP contribution in [0.4, 0.5) is 0 Å². The van der Waals surface area contributed by atoms with Gasteiger partial charge in [0.05, 0.1) is 18.0 Å². The number of carbonyl (C=O) groups is 2. The van der Waals surface area contributed by atoms with Crippen LogP contribution in [0.1, 0.15) is 13.8 Å². The fourth-order valence-electron chi connectivity index (χ4n) is 3.24. The van der Waals surface area contributed by atoms with Crippen molar-refractivity contribution in [1.82, 2.24) is 9.47 Å². The third-order valence-corrected chi connectivity index (χ3v) is 5.27. The number of ether oxygens (including phenoxy) is 1. The number of nitrogens with two attached hydrogens (primary N) is 1. The van der Waals surface area contributed by atoms with Gasteiger partial charge in [-0.2, -0.15) is 0 Å². The van der Waals surface area contributed by atoms with Crippen molar-refractivity contribution in [2.75, 3.05) is 18.8 Å². The molecule has 25 heavy (non-hydrogen) atoms. The van der Waals surface area contributed by atoms with Crippen LogP contribution >= 0.6 is 11.8 Å². The summed E-state index contributed by atoms with van der Waals surface area (Å²) in [7, 11) is 0. The molecule has 1 aromatic heterocycles. The monoisotopic (exact) mass is 361 g/mol. The minimum absolute atomic E-state index is 0.0517. The predicted octanol–water partition coefficient (Wildman–Crippen LogP) is 1.85. The molecule has 6 nitrogen and oxygen atoms in total. The molecule has 2 aromatic rings. The van der Waals surface area contributed by atoms with Crippen molar-refractivity contribution in [3.8, 4) is 0 Å². The zero-order valence-corrected chi connectivity index (χ0v) is 15.3. The van der Waals surface area contributed by atoms with Gasteiger partial charge in [0.1, 0.15) is 6.54 Å². The number of hydrogen-bond acceptors (Lipinski definition) is 4. The summed E-state index contributed by atoms with van der Waals surface area (Å²) in [4.78, 5) is 26.7. The number of hydrogen-bond donors (Lipinski definition) is 1. The summed E-state index contributed by atoms with van der Waals surface area (Å²) in [6.07, 6.45) is 2.04. The molecule has 0 aliphatic carbocycles. The second kappa shape index (κ2) is 7.49. The highest BCUT2D eigenvalue weighted by Gasteiger charge is 2.26. The molecule has 0 unspecified atom stereocenters. The molecule has 134 valence electrons. The Balaban J connectivity index is 1.81. The van der Waals surface area contributed by atoms with Crippen molar-refractivity contribution in [2.24, 2.45) is 5.73 Å². The van der Waals surface area contributed by atoms with Gasteiger partial charge in [-0.05, 0) is 19.9 Å². The zero-order chi connectivity index (χ0) is 18.0. The van der Waals surface area contributed by atoms with Crippen molar-refractivity contribution >= 4 is 34.5 Å². The second-order valence-electron chi connectivity index (χ2n) is 6.45. The van der Waals surface area contributed by atoms with E-state index in [2.05, 4.69) is 0 Å². The molecule has 2 heterocycles. The van der Waals surface area contributed by atoms with E-state index in [1.54, 1.807) is 0 Å². The largest absolute Gasteiger partial charge is 0.372 e. The van der Waals surface area contributed by atoms with Crippen molar-refractivity contribution in [1.29, 1.82) is 0 Å². The predicted molar refractivity (Wildman–Crippen MR) is 98.4 cm³/mol. The zero-order valence-electron chi connectivity index (χ0n) is 14.5. The number of carbonyl (C=O) groups excluding carboxylic acids is 2. The van der Waals surface area contributed by atoms with Crippen LogP contribution in [0.25, 0.3) is 10.9 Å². The van der Waals surface area contributed by atoms with E-state index in [-0.39, 0.29) is 36.3 Å². The van der Waals surface area contributed by atoms with Crippen molar-refractivity contribution in [2.45, 2.75) is 37.5 Å². The SMILES string of the molecule is C[C@H]1CN(C(=O)Cn2cc(SCC(N)=O)c3ccccc32)C[C@H](C)O1. The Morgan fingerprint density at radius 2 is 1.92 bits per heavy atom. The Morgan fingerprint density at radius 3 is 2.60 bits per heavy atom. The van der Waals surface area contributed by atoms with Gasteiger partial charge in [0, 0.05) is 35.1 Å². The van der Waals surface area contributed by atoms with E-state index < -0.39 is 0 Å². The van der Waals surface area contributed by atoms with Gasteiger partial charge in [0.25, 0.3) is 0 Å². The van der Waals surface area contributed by atoms with E-state index in [0.29, 0.717) is 13.1 Å². The summed E-state index contributed by atoms with van der Waals surface area (Å²) < 4.78 is 7.65. The number of nitrogens with zero attached hydrogens (tertiary/aromatic N) is 2. The Bertz CT molecular complexity index is 779. The molecule has 2 amide bonds. The van der Waals surface area contributed by atoms with Gasteiger partial charge in [0.2, 0.25) is 11.8 Å². The Kier molecular flexibility index (Phi) is 5.34. The van der Waals surface area contributed by atoms with E-state index in [9.17, 15) is 9.59 Å². The first kappa shape index (κ1) is 17.8. The number of morpholine rings is 1. The number of amides is 2. The standard InChI is InChI=1S/C18H23N3O3S/c1-12-7-21(8-13(2)24-12)18(23)10-20-9-16(25-11-17(19)22)14-5-3-4-6-15(14)20/h3-6,9,12-13H,7-8,10-11H2,1-2H3,(H2,19,22)/t12-,13-/m0/s1. The molecule has 0 bridgehead atoms. The van der Waals surface area contributed by atoms with E-state index in [4.69, 9.17) is 10.5 Å². The average molecular weight is 361 g/mol. The summed E-state index contributed by atoms with van der Waals surface area (Å²) in [6.45, 7) is 5.48. The van der Waals surface area contributed by atoms with Gasteiger partial charge in [-0.1, -0.05) is 18.2 Å². The van der Waals surface area contributed by atoms with Crippen LogP contribution in [0.15, 0.2) is 35.4 Å². The maximum Gasteiger partial charge on any atom is 0.242 e. The smallest absolute Gasteiger partial charge is 0.242 e. The first-order valence-electron chi connectivity index (χ1n) is 8.36. The normalized spacial score (nSPS) is 20.8. The van der Waals surface area contributed by atoms with E-state index >= 15 is 0 Å². The summed E-state index contributed by atoms with van der Waals surface area (Å²) in [5, 5.41) is 1.03. The van der Waals surface area contributed by atoms with Gasteiger partial charge < -0.3 is 19.9 Å². The first-order valence-corrected chi connectivity index (χ1v) is 9.35. The lowest BCUT2D eigenvalue weighted by Crippen LogP contribution is -2.49. The number of rotatable bonds is 5. The second-order valence-corrected chi connectivity index (χ2v) is 7.47. The number of thioether (sulfide) groups is 1. The summed E-state index contributed by atoms with van der Waals surface area (Å²) in [5.41, 5.74) is 6.24. The molecule has 1 aliphatic rings. The van der Waals surface area contributed by atoms with Crippen molar-refractivity contribution in [3.63, 3.8) is 0 Å². The number of para-hydroxylation sites is 1. The lowest BCUT2D eigenvalue weighted by molar-refractivity contribution is -0.143. The third-order valence-electron chi connectivity index (χ3n) is 4.20. The minimum atomic E-state index is -0.353. The van der Waals surface area contributed by atoms with Crippen molar-refractivity contribution in [3.05, 3.63) is 30.5 Å². The third kappa shape index (κ3) is 4.16. The number of aromatic nitrogens is 1. The van der Waals surface area contributed by atoms with E-state index in [0.717, 1.165) is 15.8 Å². The van der Waals surface area contributed by atoms with E-state index in [1.165, 1.54) is 11.8 Å². The molecule has 0 spiro atoms. The van der Waals surface area contributed by atoms with Gasteiger partial charge in [-0.15, -0.1) is 11.8 Å². The Morgan fingerprint density at radius 1 is 1.24 bits per heavy atom. The van der Waals surface area contributed by atoms with Crippen LogP contribution < -0.4 is 5.73 Å². The summed E-state index contributed by atoms with van der Waals surface area (Å²) in [5.74, 6) is -0.0520. The summed E-state index contributed by atoms with van der Waals surface area (Å²) >= 11 is 1.40. The number of primary amides is 1. The van der Waals surface area contributed by atoms with E-state index in [1.807, 2.05) is 53.8 Å². The average Bonchev–Trinajstić information content (AvgIpc) is 2.90. The molecule has 1 aromatic carbocycles. The topological polar surface area (TPSA) is 77.6 Å². The molecule has 1 aliphatic heterocycles. The van der Waals surface area contributed by atoms with Crippen molar-refractivity contribution < 1.29 is 14.3 Å². The molecule has 0 saturated carbocycles. The highest BCUT2D eigenvalue weighted by atomic mass is 32.2. The Hall–Kier alpha value is -1.99. The molecule has 3 rings (SSSR count). The number of fused-ring (bicyclic) bond motifs is 1. The molecule has 2 N–H and O–H groups in total. The lowest BCUT2D eigenvalue weighted by atomic mass is 10.2. The molecule has 7 heteroatoms. The number of benzene rings is 1. The van der Waals surface area contributed by atoms with Crippen LogP contribution in [0.5, 0.6) is 0 Å². The lowest BCUT2D eigenvalue weighted by Gasteiger charge is -2.35. The molecular formula is C18H23N3O3S. The van der Waals surface area contributed by atoms with Gasteiger partial charge in [-0.25, -0.2) is 0 Å². The van der Waals surface area contributed by atoms with Crippen LogP contribution in [-0.2, 0) is 20.9 Å². The highest BCUT2D eigenvalue weighted by Crippen LogP contribution is 2.30. The van der Waals surface area contributed by atoms with Crippen LogP contribution in [-0.4, -0.2) is 52.3 Å². The van der Waals surface area contributed by atoms with Crippen LogP contribution in [0.3, 0.4) is 0 Å². The van der Waals surface area contributed by atoms with Gasteiger partial charge in [0.15, 0.2) is 0 Å². The molecule has 1 fully saturated rings. The molecule has 0 radical (unpaired) electrons. The highest BCUT2D eigenvalue weighted by molar-refractivity contribution is 8.00. The maximum absolute atomic E-state index is 12.7.